The van der Waals surface area contributed by atoms with Crippen molar-refractivity contribution in [2.75, 3.05) is 5.32 Å². The van der Waals surface area contributed by atoms with E-state index < -0.39 is 6.04 Å². The number of nitrogens with one attached hydrogen (secondary N) is 1. The predicted molar refractivity (Wildman–Crippen MR) is 166 cm³/mol. The van der Waals surface area contributed by atoms with E-state index in [4.69, 9.17) is 31.2 Å². The first-order chi connectivity index (χ1) is 20.5. The lowest BCUT2D eigenvalue weighted by Gasteiger charge is -2.30. The Morgan fingerprint density at radius 1 is 1.02 bits per heavy atom. The van der Waals surface area contributed by atoms with Gasteiger partial charge in [0, 0.05) is 22.0 Å². The number of allylic oxidation sites excluding steroid dienone is 1. The minimum atomic E-state index is -0.528. The Labute approximate surface area is 255 Å². The molecule has 1 fully saturated rings. The highest BCUT2D eigenvalue weighted by atomic mass is 35.5. The first-order valence-electron chi connectivity index (χ1n) is 14.3. The molecular weight excluding hydrogens is 568 g/mol. The molecule has 2 heterocycles. The zero-order valence-corrected chi connectivity index (χ0v) is 25.0. The van der Waals surface area contributed by atoms with Crippen molar-refractivity contribution in [3.8, 4) is 5.75 Å². The number of carbonyl (C=O) groups is 1. The minimum absolute atomic E-state index is 0.0633. The third-order valence-corrected chi connectivity index (χ3v) is 8.89. The molecule has 1 unspecified atom stereocenters. The normalized spacial score (nSPS) is 17.0. The summed E-state index contributed by atoms with van der Waals surface area (Å²) < 4.78 is 14.0. The van der Waals surface area contributed by atoms with Crippen molar-refractivity contribution in [3.63, 3.8) is 0 Å². The fourth-order valence-electron chi connectivity index (χ4n) is 5.44. The molecule has 1 aliphatic heterocycles. The van der Waals surface area contributed by atoms with Gasteiger partial charge in [-0.3, -0.25) is 0 Å². The van der Waals surface area contributed by atoms with E-state index in [-0.39, 0.29) is 12.1 Å². The Hall–Kier alpha value is -3.75. The lowest BCUT2D eigenvalue weighted by atomic mass is 9.94. The molecule has 9 heteroatoms. The van der Waals surface area contributed by atoms with Crippen molar-refractivity contribution in [1.29, 1.82) is 0 Å². The maximum absolute atomic E-state index is 13.8. The summed E-state index contributed by atoms with van der Waals surface area (Å²) in [4.78, 5) is 18.6. The van der Waals surface area contributed by atoms with Gasteiger partial charge in [0.1, 0.15) is 24.5 Å². The average Bonchev–Trinajstić information content (AvgIpc) is 3.42. The number of benzene rings is 3. The zero-order valence-electron chi connectivity index (χ0n) is 23.5. The maximum atomic E-state index is 13.8. The van der Waals surface area contributed by atoms with Gasteiger partial charge in [-0.25, -0.2) is 9.48 Å². The highest BCUT2D eigenvalue weighted by Gasteiger charge is 2.36. The molecule has 0 amide bonds. The summed E-state index contributed by atoms with van der Waals surface area (Å²) in [6.45, 7) is 2.23. The van der Waals surface area contributed by atoms with Crippen LogP contribution in [0.4, 0.5) is 5.95 Å². The van der Waals surface area contributed by atoms with Crippen LogP contribution >= 0.6 is 23.4 Å². The molecule has 1 atom stereocenters. The maximum Gasteiger partial charge on any atom is 0.338 e. The molecule has 4 aromatic rings. The molecule has 1 aromatic heterocycles. The summed E-state index contributed by atoms with van der Waals surface area (Å²) in [6, 6.07) is 25.1. The molecule has 1 aliphatic carbocycles. The van der Waals surface area contributed by atoms with Gasteiger partial charge in [0.05, 0.1) is 5.57 Å². The number of esters is 1. The zero-order chi connectivity index (χ0) is 28.9. The number of halogens is 1. The van der Waals surface area contributed by atoms with Gasteiger partial charge in [0.2, 0.25) is 11.1 Å². The molecule has 7 nitrogen and oxygen atoms in total. The molecule has 0 saturated heterocycles. The summed E-state index contributed by atoms with van der Waals surface area (Å²) in [5.74, 6) is 1.68. The minimum Gasteiger partial charge on any atom is -0.489 e. The van der Waals surface area contributed by atoms with Gasteiger partial charge in [-0.2, -0.15) is 4.98 Å². The first kappa shape index (κ1) is 28.4. The van der Waals surface area contributed by atoms with E-state index in [0.29, 0.717) is 39.8 Å². The fourth-order valence-corrected chi connectivity index (χ4v) is 6.41. The lowest BCUT2D eigenvalue weighted by molar-refractivity contribution is -0.146. The second-order valence-electron chi connectivity index (χ2n) is 10.6. The molecule has 6 rings (SSSR count). The van der Waals surface area contributed by atoms with Crippen molar-refractivity contribution in [3.05, 3.63) is 112 Å². The average molecular weight is 601 g/mol. The summed E-state index contributed by atoms with van der Waals surface area (Å²) in [5, 5.41) is 9.49. The predicted octanol–water partition coefficient (Wildman–Crippen LogP) is 7.97. The van der Waals surface area contributed by atoms with Crippen LogP contribution < -0.4 is 10.1 Å². The van der Waals surface area contributed by atoms with Crippen LogP contribution in [0, 0.1) is 0 Å². The third-order valence-electron chi connectivity index (χ3n) is 7.62. The van der Waals surface area contributed by atoms with Crippen LogP contribution in [-0.4, -0.2) is 26.8 Å². The van der Waals surface area contributed by atoms with Gasteiger partial charge in [-0.15, -0.1) is 5.10 Å². The SMILES string of the molecule is CC1=C(C(=O)OC2CCCCC2)C(c2cccc(OCc3ccccc3Cl)c2)n2nc(SCc3ccccc3)nc2N1. The monoisotopic (exact) mass is 600 g/mol. The van der Waals surface area contributed by atoms with Gasteiger partial charge in [0.15, 0.2) is 0 Å². The van der Waals surface area contributed by atoms with E-state index in [9.17, 15) is 4.79 Å². The van der Waals surface area contributed by atoms with E-state index in [1.54, 1.807) is 16.4 Å². The van der Waals surface area contributed by atoms with E-state index in [1.165, 1.54) is 12.0 Å². The number of hydrogen-bond donors (Lipinski definition) is 1. The molecule has 216 valence electrons. The summed E-state index contributed by atoms with van der Waals surface area (Å²) in [6.07, 6.45) is 5.08. The number of aromatic nitrogens is 3. The molecular formula is C33H33ClN4O3S. The van der Waals surface area contributed by atoms with Crippen LogP contribution in [0.3, 0.4) is 0 Å². The van der Waals surface area contributed by atoms with Crippen LogP contribution in [0.25, 0.3) is 0 Å². The number of carbonyl (C=O) groups excluding carboxylic acids is 1. The highest BCUT2D eigenvalue weighted by molar-refractivity contribution is 7.98. The van der Waals surface area contributed by atoms with Crippen molar-refractivity contribution in [2.45, 2.75) is 68.7 Å². The van der Waals surface area contributed by atoms with E-state index in [0.717, 1.165) is 42.6 Å². The molecule has 2 aliphatic rings. The number of rotatable bonds is 9. The second kappa shape index (κ2) is 13.0. The van der Waals surface area contributed by atoms with Crippen LogP contribution in [-0.2, 0) is 21.9 Å². The van der Waals surface area contributed by atoms with Crippen LogP contribution in [0.1, 0.15) is 61.8 Å². The van der Waals surface area contributed by atoms with Crippen LogP contribution in [0.5, 0.6) is 5.75 Å². The number of nitrogens with zero attached hydrogens (tertiary/aromatic N) is 3. The molecule has 1 saturated carbocycles. The lowest BCUT2D eigenvalue weighted by Crippen LogP contribution is -2.32. The molecule has 42 heavy (non-hydrogen) atoms. The Bertz CT molecular complexity index is 1580. The third kappa shape index (κ3) is 6.50. The standard InChI is InChI=1S/C33H33ClN4O3S/c1-22-29(31(39)41-26-15-6-3-7-16-26)30(24-14-10-17-27(19-24)40-20-25-13-8-9-18-28(25)34)38-32(35-22)36-33(37-38)42-21-23-11-4-2-5-12-23/h2,4-5,8-14,17-19,26,30H,3,6-7,15-16,20-21H2,1H3,(H,35,36,37). The van der Waals surface area contributed by atoms with Gasteiger partial charge < -0.3 is 14.8 Å². The number of ether oxygens (including phenoxy) is 2. The van der Waals surface area contributed by atoms with E-state index >= 15 is 0 Å². The van der Waals surface area contributed by atoms with Crippen molar-refractivity contribution in [1.82, 2.24) is 14.8 Å². The largest absolute Gasteiger partial charge is 0.489 e. The van der Waals surface area contributed by atoms with E-state index in [2.05, 4.69) is 17.4 Å². The fraction of sp³-hybridized carbons (Fsp3) is 0.303. The Kier molecular flexibility index (Phi) is 8.81. The summed E-state index contributed by atoms with van der Waals surface area (Å²) in [7, 11) is 0. The summed E-state index contributed by atoms with van der Waals surface area (Å²) in [5.41, 5.74) is 4.18. The van der Waals surface area contributed by atoms with Gasteiger partial charge >= 0.3 is 5.97 Å². The molecule has 1 N–H and O–H groups in total. The molecule has 3 aromatic carbocycles. The van der Waals surface area contributed by atoms with Crippen molar-refractivity contribution < 1.29 is 14.3 Å². The highest BCUT2D eigenvalue weighted by Crippen LogP contribution is 2.39. The Balaban J connectivity index is 1.31. The number of anilines is 1. The van der Waals surface area contributed by atoms with Gasteiger partial charge in [-0.05, 0) is 61.9 Å². The topological polar surface area (TPSA) is 78.3 Å². The first-order valence-corrected chi connectivity index (χ1v) is 15.7. The van der Waals surface area contributed by atoms with Crippen molar-refractivity contribution in [2.24, 2.45) is 0 Å². The number of fused-ring (bicyclic) bond motifs is 1. The molecule has 0 bridgehead atoms. The Morgan fingerprint density at radius 2 is 1.81 bits per heavy atom. The molecule has 0 radical (unpaired) electrons. The van der Waals surface area contributed by atoms with Gasteiger partial charge in [0.25, 0.3) is 0 Å². The van der Waals surface area contributed by atoms with Crippen LogP contribution in [0.2, 0.25) is 5.02 Å². The van der Waals surface area contributed by atoms with Crippen LogP contribution in [0.15, 0.2) is 95.3 Å². The second-order valence-corrected chi connectivity index (χ2v) is 12.0. The van der Waals surface area contributed by atoms with Crippen molar-refractivity contribution >= 4 is 35.3 Å². The summed E-state index contributed by atoms with van der Waals surface area (Å²) >= 11 is 7.91. The number of thioether (sulfide) groups is 1. The van der Waals surface area contributed by atoms with Gasteiger partial charge in [-0.1, -0.05) is 90.4 Å². The quantitative estimate of drug-likeness (QED) is 0.154. The van der Waals surface area contributed by atoms with E-state index in [1.807, 2.05) is 73.7 Å². The smallest absolute Gasteiger partial charge is 0.338 e. The Morgan fingerprint density at radius 3 is 2.62 bits per heavy atom. The molecule has 0 spiro atoms. The number of hydrogen-bond acceptors (Lipinski definition) is 7.